The molecule has 0 radical (unpaired) electrons. The molecule has 0 aliphatic rings. The Morgan fingerprint density at radius 1 is 1.64 bits per heavy atom. The Balaban J connectivity index is 3.23. The predicted octanol–water partition coefficient (Wildman–Crippen LogP) is 0.153. The highest BCUT2D eigenvalue weighted by Crippen LogP contribution is 2.06. The number of aromatic amines is 1. The van der Waals surface area contributed by atoms with Crippen LogP contribution in [-0.2, 0) is 0 Å². The number of nitrogens with one attached hydrogen (secondary N) is 1. The van der Waals surface area contributed by atoms with Crippen LogP contribution in [0.1, 0.15) is 5.69 Å². The monoisotopic (exact) mass is 171 g/mol. The van der Waals surface area contributed by atoms with Crippen LogP contribution < -0.4 is 10.9 Å². The summed E-state index contributed by atoms with van der Waals surface area (Å²) >= 11 is 4.77. The fraction of sp³-hybridized carbons (Fsp3) is 0.400. The van der Waals surface area contributed by atoms with Gasteiger partial charge in [-0.2, -0.15) is 10.1 Å². The minimum absolute atomic E-state index is 0.336. The molecule has 0 aromatic carbocycles. The summed E-state index contributed by atoms with van der Waals surface area (Å²) in [6.45, 7) is 1.80. The van der Waals surface area contributed by atoms with Crippen molar-refractivity contribution < 1.29 is 0 Å². The Morgan fingerprint density at radius 2 is 2.27 bits per heavy atom. The molecule has 1 heterocycles. The zero-order valence-corrected chi connectivity index (χ0v) is 7.14. The number of aryl methyl sites for hydroxylation is 1. The molecule has 0 bridgehead atoms. The van der Waals surface area contributed by atoms with Crippen molar-refractivity contribution in [1.82, 2.24) is 15.2 Å². The Morgan fingerprint density at radius 3 is 2.73 bits per heavy atom. The highest BCUT2D eigenvalue weighted by Gasteiger charge is 2.02. The summed E-state index contributed by atoms with van der Waals surface area (Å²) in [4.78, 5) is 3.97. The number of hydrazine groups is 1. The number of nitrogens with zero attached hydrogens (tertiary/aromatic N) is 3. The van der Waals surface area contributed by atoms with Gasteiger partial charge >= 0.3 is 0 Å². The zero-order valence-electron chi connectivity index (χ0n) is 6.33. The molecule has 1 aromatic heterocycles. The third-order valence-electron chi connectivity index (χ3n) is 1.18. The normalized spacial score (nSPS) is 9.73. The summed E-state index contributed by atoms with van der Waals surface area (Å²) in [6, 6.07) is 0. The number of rotatable bonds is 1. The molecule has 11 heavy (non-hydrogen) atoms. The first-order valence-corrected chi connectivity index (χ1v) is 3.44. The molecule has 0 saturated heterocycles. The lowest BCUT2D eigenvalue weighted by Crippen LogP contribution is -2.27. The number of hydrogen-bond acceptors (Lipinski definition) is 5. The second-order valence-corrected chi connectivity index (χ2v) is 2.55. The van der Waals surface area contributed by atoms with Crippen LogP contribution in [0.5, 0.6) is 0 Å². The first-order chi connectivity index (χ1) is 5.11. The largest absolute Gasteiger partial charge is 0.296 e. The molecule has 5 nitrogen and oxygen atoms in total. The Hall–Kier alpha value is -1.01. The molecule has 1 rings (SSSR count). The lowest BCUT2D eigenvalue weighted by molar-refractivity contribution is 0.860. The van der Waals surface area contributed by atoms with Crippen LogP contribution in [0.4, 0.5) is 5.82 Å². The van der Waals surface area contributed by atoms with Gasteiger partial charge in [0, 0.05) is 7.05 Å². The van der Waals surface area contributed by atoms with Crippen molar-refractivity contribution >= 4 is 18.0 Å². The molecule has 60 valence electrons. The molecule has 0 atom stereocenters. The van der Waals surface area contributed by atoms with Gasteiger partial charge in [0.15, 0.2) is 5.82 Å². The summed E-state index contributed by atoms with van der Waals surface area (Å²) in [6.07, 6.45) is 0. The maximum atomic E-state index is 5.45. The van der Waals surface area contributed by atoms with E-state index in [1.54, 1.807) is 14.0 Å². The third kappa shape index (κ3) is 1.72. The molecular weight excluding hydrogens is 162 g/mol. The van der Waals surface area contributed by atoms with Crippen molar-refractivity contribution in [3.05, 3.63) is 10.5 Å². The molecule has 3 N–H and O–H groups in total. The average Bonchev–Trinajstić information content (AvgIpc) is 1.94. The summed E-state index contributed by atoms with van der Waals surface area (Å²) in [5, 5.41) is 7.83. The molecule has 0 aliphatic carbocycles. The van der Waals surface area contributed by atoms with E-state index in [1.807, 2.05) is 0 Å². The van der Waals surface area contributed by atoms with E-state index in [4.69, 9.17) is 18.1 Å². The SMILES string of the molecule is Cc1n[nH]c(=S)nc1N(C)N. The van der Waals surface area contributed by atoms with Gasteiger partial charge in [-0.15, -0.1) is 0 Å². The van der Waals surface area contributed by atoms with Gasteiger partial charge in [0.25, 0.3) is 0 Å². The first kappa shape index (κ1) is 8.09. The Kier molecular flexibility index (Phi) is 2.16. The third-order valence-corrected chi connectivity index (χ3v) is 1.37. The number of anilines is 1. The van der Waals surface area contributed by atoms with Crippen LogP contribution in [0.15, 0.2) is 0 Å². The van der Waals surface area contributed by atoms with Crippen molar-refractivity contribution in [3.63, 3.8) is 0 Å². The van der Waals surface area contributed by atoms with E-state index in [2.05, 4.69) is 15.2 Å². The van der Waals surface area contributed by atoms with Crippen LogP contribution in [0.25, 0.3) is 0 Å². The van der Waals surface area contributed by atoms with Crippen molar-refractivity contribution in [1.29, 1.82) is 0 Å². The van der Waals surface area contributed by atoms with E-state index in [9.17, 15) is 0 Å². The van der Waals surface area contributed by atoms with Crippen molar-refractivity contribution in [2.75, 3.05) is 12.1 Å². The Labute approximate surface area is 69.2 Å². The molecule has 6 heteroatoms. The lowest BCUT2D eigenvalue weighted by Gasteiger charge is -2.11. The Bertz CT molecular complexity index is 304. The molecule has 1 aromatic rings. The van der Waals surface area contributed by atoms with E-state index in [0.29, 0.717) is 10.6 Å². The molecule has 0 spiro atoms. The van der Waals surface area contributed by atoms with Gasteiger partial charge in [0.05, 0.1) is 0 Å². The van der Waals surface area contributed by atoms with Gasteiger partial charge < -0.3 is 0 Å². The van der Waals surface area contributed by atoms with Gasteiger partial charge in [0.2, 0.25) is 4.77 Å². The van der Waals surface area contributed by atoms with E-state index in [1.165, 1.54) is 5.01 Å². The van der Waals surface area contributed by atoms with Crippen LogP contribution in [0.2, 0.25) is 0 Å². The van der Waals surface area contributed by atoms with E-state index >= 15 is 0 Å². The highest BCUT2D eigenvalue weighted by atomic mass is 32.1. The maximum Gasteiger partial charge on any atom is 0.215 e. The van der Waals surface area contributed by atoms with E-state index in [-0.39, 0.29) is 0 Å². The number of H-pyrrole nitrogens is 1. The fourth-order valence-electron chi connectivity index (χ4n) is 0.718. The molecule has 0 amide bonds. The van der Waals surface area contributed by atoms with E-state index < -0.39 is 0 Å². The predicted molar refractivity (Wildman–Crippen MR) is 44.5 cm³/mol. The first-order valence-electron chi connectivity index (χ1n) is 3.03. The summed E-state index contributed by atoms with van der Waals surface area (Å²) in [5.41, 5.74) is 0.726. The summed E-state index contributed by atoms with van der Waals surface area (Å²) in [7, 11) is 1.69. The molecular formula is C5H9N5S. The number of aromatic nitrogens is 3. The number of hydrogen-bond donors (Lipinski definition) is 2. The van der Waals surface area contributed by atoms with Gasteiger partial charge in [-0.3, -0.25) is 10.1 Å². The highest BCUT2D eigenvalue weighted by molar-refractivity contribution is 7.71. The maximum absolute atomic E-state index is 5.45. The van der Waals surface area contributed by atoms with Gasteiger partial charge in [-0.05, 0) is 19.1 Å². The zero-order chi connectivity index (χ0) is 8.43. The topological polar surface area (TPSA) is 70.8 Å². The minimum atomic E-state index is 0.336. The number of nitrogens with two attached hydrogens (primary N) is 1. The summed E-state index contributed by atoms with van der Waals surface area (Å²) in [5.74, 6) is 6.05. The van der Waals surface area contributed by atoms with Crippen molar-refractivity contribution in [2.45, 2.75) is 6.92 Å². The summed E-state index contributed by atoms with van der Waals surface area (Å²) < 4.78 is 0.336. The minimum Gasteiger partial charge on any atom is -0.296 e. The van der Waals surface area contributed by atoms with Gasteiger partial charge in [-0.1, -0.05) is 0 Å². The lowest BCUT2D eigenvalue weighted by atomic mass is 10.5. The molecule has 0 unspecified atom stereocenters. The smallest absolute Gasteiger partial charge is 0.215 e. The second kappa shape index (κ2) is 2.93. The quantitative estimate of drug-likeness (QED) is 0.357. The van der Waals surface area contributed by atoms with Crippen LogP contribution >= 0.6 is 12.2 Å². The van der Waals surface area contributed by atoms with E-state index in [0.717, 1.165) is 5.69 Å². The van der Waals surface area contributed by atoms with Crippen LogP contribution in [-0.4, -0.2) is 22.2 Å². The molecule has 0 fully saturated rings. The second-order valence-electron chi connectivity index (χ2n) is 2.16. The van der Waals surface area contributed by atoms with Gasteiger partial charge in [-0.25, -0.2) is 5.84 Å². The van der Waals surface area contributed by atoms with Crippen LogP contribution in [0.3, 0.4) is 0 Å². The molecule has 0 aliphatic heterocycles. The van der Waals surface area contributed by atoms with Crippen LogP contribution in [0, 0.1) is 11.7 Å². The van der Waals surface area contributed by atoms with Crippen molar-refractivity contribution in [3.8, 4) is 0 Å². The van der Waals surface area contributed by atoms with Gasteiger partial charge in [0.1, 0.15) is 5.69 Å². The average molecular weight is 171 g/mol. The van der Waals surface area contributed by atoms with Crippen molar-refractivity contribution in [2.24, 2.45) is 5.84 Å². The fourth-order valence-corrected chi connectivity index (χ4v) is 0.850. The molecule has 0 saturated carbocycles. The standard InChI is InChI=1S/C5H9N5S/c1-3-4(10(2)6)7-5(11)9-8-3/h6H2,1-2H3,(H,7,9,11).